The first-order chi connectivity index (χ1) is 6.66. The summed E-state index contributed by atoms with van der Waals surface area (Å²) >= 11 is 0. The quantitative estimate of drug-likeness (QED) is 0.651. The Morgan fingerprint density at radius 3 is 2.57 bits per heavy atom. The summed E-state index contributed by atoms with van der Waals surface area (Å²) in [5.74, 6) is 0.823. The molecule has 0 unspecified atom stereocenters. The van der Waals surface area contributed by atoms with Crippen LogP contribution >= 0.6 is 0 Å². The molecule has 0 bridgehead atoms. The summed E-state index contributed by atoms with van der Waals surface area (Å²) in [6, 6.07) is 2.94. The standard InChI is InChI=1S/C10H9FN2O/c1-6-10(13-7(2)14-6)8-3-4-9(11)12-5-8/h3-5H,1-2H3. The van der Waals surface area contributed by atoms with Crippen molar-refractivity contribution < 1.29 is 8.81 Å². The van der Waals surface area contributed by atoms with Crippen molar-refractivity contribution in [1.82, 2.24) is 9.97 Å². The van der Waals surface area contributed by atoms with E-state index in [4.69, 9.17) is 4.42 Å². The summed E-state index contributed by atoms with van der Waals surface area (Å²) in [6.07, 6.45) is 1.44. The highest BCUT2D eigenvalue weighted by Gasteiger charge is 2.09. The first kappa shape index (κ1) is 8.87. The number of hydrogen-bond acceptors (Lipinski definition) is 3. The van der Waals surface area contributed by atoms with Gasteiger partial charge in [0, 0.05) is 18.7 Å². The Balaban J connectivity index is 2.49. The molecule has 0 aromatic carbocycles. The van der Waals surface area contributed by atoms with E-state index in [1.807, 2.05) is 6.92 Å². The van der Waals surface area contributed by atoms with Crippen LogP contribution in [0.2, 0.25) is 0 Å². The SMILES string of the molecule is Cc1nc(-c2ccc(F)nc2)c(C)o1. The second-order valence-corrected chi connectivity index (χ2v) is 3.01. The molecule has 72 valence electrons. The molecule has 3 nitrogen and oxygen atoms in total. The fraction of sp³-hybridized carbons (Fsp3) is 0.200. The van der Waals surface area contributed by atoms with Gasteiger partial charge in [0.2, 0.25) is 5.95 Å². The first-order valence-electron chi connectivity index (χ1n) is 4.23. The molecule has 0 saturated carbocycles. The minimum atomic E-state index is -0.494. The van der Waals surface area contributed by atoms with Crippen LogP contribution in [0.1, 0.15) is 11.7 Å². The van der Waals surface area contributed by atoms with E-state index in [0.29, 0.717) is 5.89 Å². The highest BCUT2D eigenvalue weighted by Crippen LogP contribution is 2.22. The highest BCUT2D eigenvalue weighted by molar-refractivity contribution is 5.59. The molecule has 0 amide bonds. The van der Waals surface area contributed by atoms with E-state index in [1.54, 1.807) is 13.0 Å². The van der Waals surface area contributed by atoms with Crippen LogP contribution in [0.5, 0.6) is 0 Å². The number of hydrogen-bond donors (Lipinski definition) is 0. The van der Waals surface area contributed by atoms with Gasteiger partial charge in [0.05, 0.1) is 0 Å². The van der Waals surface area contributed by atoms with Crippen LogP contribution in [0.25, 0.3) is 11.3 Å². The number of aromatic nitrogens is 2. The fourth-order valence-electron chi connectivity index (χ4n) is 1.31. The molecule has 0 N–H and O–H groups in total. The number of oxazole rings is 1. The molecule has 4 heteroatoms. The van der Waals surface area contributed by atoms with Gasteiger partial charge in [-0.1, -0.05) is 0 Å². The van der Waals surface area contributed by atoms with Gasteiger partial charge in [0.25, 0.3) is 0 Å². The largest absolute Gasteiger partial charge is 0.446 e. The van der Waals surface area contributed by atoms with Crippen LogP contribution in [-0.4, -0.2) is 9.97 Å². The highest BCUT2D eigenvalue weighted by atomic mass is 19.1. The summed E-state index contributed by atoms with van der Waals surface area (Å²) in [6.45, 7) is 3.59. The normalized spacial score (nSPS) is 10.5. The minimum Gasteiger partial charge on any atom is -0.446 e. The summed E-state index contributed by atoms with van der Waals surface area (Å²) in [5.41, 5.74) is 1.48. The Morgan fingerprint density at radius 2 is 2.07 bits per heavy atom. The van der Waals surface area contributed by atoms with Gasteiger partial charge in [-0.05, 0) is 19.1 Å². The van der Waals surface area contributed by atoms with E-state index in [-0.39, 0.29) is 0 Å². The Morgan fingerprint density at radius 1 is 1.29 bits per heavy atom. The summed E-state index contributed by atoms with van der Waals surface area (Å²) < 4.78 is 17.8. The first-order valence-corrected chi connectivity index (χ1v) is 4.23. The Hall–Kier alpha value is -1.71. The lowest BCUT2D eigenvalue weighted by molar-refractivity contribution is 0.494. The van der Waals surface area contributed by atoms with Gasteiger partial charge in [-0.2, -0.15) is 4.39 Å². The molecule has 0 radical (unpaired) electrons. The Bertz CT molecular complexity index is 448. The van der Waals surface area contributed by atoms with Gasteiger partial charge < -0.3 is 4.42 Å². The second kappa shape index (κ2) is 3.21. The van der Waals surface area contributed by atoms with E-state index in [1.165, 1.54) is 12.3 Å². The van der Waals surface area contributed by atoms with Crippen molar-refractivity contribution in [2.75, 3.05) is 0 Å². The lowest BCUT2D eigenvalue weighted by atomic mass is 10.2. The molecule has 14 heavy (non-hydrogen) atoms. The van der Waals surface area contributed by atoms with Gasteiger partial charge in [-0.15, -0.1) is 0 Å². The van der Waals surface area contributed by atoms with E-state index < -0.39 is 5.95 Å². The van der Waals surface area contributed by atoms with Gasteiger partial charge in [0.15, 0.2) is 5.89 Å². The van der Waals surface area contributed by atoms with E-state index >= 15 is 0 Å². The number of nitrogens with zero attached hydrogens (tertiary/aromatic N) is 2. The lowest BCUT2D eigenvalue weighted by Gasteiger charge is -1.95. The number of halogens is 1. The maximum atomic E-state index is 12.6. The van der Waals surface area contributed by atoms with Crippen molar-refractivity contribution in [3.63, 3.8) is 0 Å². The third-order valence-electron chi connectivity index (χ3n) is 1.90. The maximum absolute atomic E-state index is 12.6. The molecular weight excluding hydrogens is 183 g/mol. The van der Waals surface area contributed by atoms with Gasteiger partial charge >= 0.3 is 0 Å². The monoisotopic (exact) mass is 192 g/mol. The third-order valence-corrected chi connectivity index (χ3v) is 1.90. The fourth-order valence-corrected chi connectivity index (χ4v) is 1.31. The molecular formula is C10H9FN2O. The zero-order chi connectivity index (χ0) is 10.1. The zero-order valence-corrected chi connectivity index (χ0v) is 7.91. The molecule has 0 aliphatic heterocycles. The molecule has 0 aliphatic rings. The van der Waals surface area contributed by atoms with Crippen LogP contribution in [0.15, 0.2) is 22.7 Å². The van der Waals surface area contributed by atoms with Crippen molar-refractivity contribution in [1.29, 1.82) is 0 Å². The van der Waals surface area contributed by atoms with Crippen LogP contribution in [0, 0.1) is 19.8 Å². The average Bonchev–Trinajstić information content (AvgIpc) is 2.47. The summed E-state index contributed by atoms with van der Waals surface area (Å²) in [5, 5.41) is 0. The molecule has 2 aromatic heterocycles. The van der Waals surface area contributed by atoms with Gasteiger partial charge in [-0.25, -0.2) is 9.97 Å². The smallest absolute Gasteiger partial charge is 0.212 e. The van der Waals surface area contributed by atoms with Gasteiger partial charge in [0.1, 0.15) is 11.5 Å². The van der Waals surface area contributed by atoms with Crippen LogP contribution < -0.4 is 0 Å². The van der Waals surface area contributed by atoms with Crippen molar-refractivity contribution >= 4 is 0 Å². The summed E-state index contributed by atoms with van der Waals surface area (Å²) in [4.78, 5) is 7.74. The van der Waals surface area contributed by atoms with E-state index in [0.717, 1.165) is 17.0 Å². The van der Waals surface area contributed by atoms with Crippen LogP contribution in [0.4, 0.5) is 4.39 Å². The third kappa shape index (κ3) is 1.51. The molecule has 0 atom stereocenters. The Kier molecular flexibility index (Phi) is 2.04. The van der Waals surface area contributed by atoms with Crippen molar-refractivity contribution in [2.45, 2.75) is 13.8 Å². The number of aryl methyl sites for hydroxylation is 2. The van der Waals surface area contributed by atoms with Crippen LogP contribution in [0.3, 0.4) is 0 Å². The molecule has 0 saturated heterocycles. The summed E-state index contributed by atoms with van der Waals surface area (Å²) in [7, 11) is 0. The lowest BCUT2D eigenvalue weighted by Crippen LogP contribution is -1.85. The predicted octanol–water partition coefficient (Wildman–Crippen LogP) is 2.49. The molecule has 2 heterocycles. The van der Waals surface area contributed by atoms with E-state index in [9.17, 15) is 4.39 Å². The molecule has 0 aliphatic carbocycles. The molecule has 0 fully saturated rings. The van der Waals surface area contributed by atoms with Crippen molar-refractivity contribution in [2.24, 2.45) is 0 Å². The second-order valence-electron chi connectivity index (χ2n) is 3.01. The maximum Gasteiger partial charge on any atom is 0.212 e. The van der Waals surface area contributed by atoms with Gasteiger partial charge in [-0.3, -0.25) is 0 Å². The van der Waals surface area contributed by atoms with E-state index in [2.05, 4.69) is 9.97 Å². The topological polar surface area (TPSA) is 38.9 Å². The predicted molar refractivity (Wildman–Crippen MR) is 49.2 cm³/mol. The Labute approximate surface area is 80.6 Å². The minimum absolute atomic E-state index is 0.494. The molecule has 2 aromatic rings. The number of rotatable bonds is 1. The van der Waals surface area contributed by atoms with Crippen LogP contribution in [-0.2, 0) is 0 Å². The van der Waals surface area contributed by atoms with Crippen molar-refractivity contribution in [3.8, 4) is 11.3 Å². The average molecular weight is 192 g/mol. The number of pyridine rings is 1. The molecule has 0 spiro atoms. The zero-order valence-electron chi connectivity index (χ0n) is 7.91. The van der Waals surface area contributed by atoms with Crippen molar-refractivity contribution in [3.05, 3.63) is 35.9 Å². The molecule has 2 rings (SSSR count).